The zero-order chi connectivity index (χ0) is 20.0. The highest BCUT2D eigenvalue weighted by Crippen LogP contribution is 2.28. The molecule has 3 amide bonds. The highest BCUT2D eigenvalue weighted by molar-refractivity contribution is 5.92. The molecule has 1 saturated carbocycles. The third-order valence-electron chi connectivity index (χ3n) is 3.71. The van der Waals surface area contributed by atoms with E-state index in [0.717, 1.165) is 18.9 Å². The molecule has 1 aromatic rings. The summed E-state index contributed by atoms with van der Waals surface area (Å²) in [5, 5.41) is 7.76. The predicted octanol–water partition coefficient (Wildman–Crippen LogP) is 3.42. The molecule has 8 heteroatoms. The van der Waals surface area contributed by atoms with Crippen molar-refractivity contribution in [3.8, 4) is 0 Å². The summed E-state index contributed by atoms with van der Waals surface area (Å²) in [6, 6.07) is 3.88. The van der Waals surface area contributed by atoms with Gasteiger partial charge in [-0.05, 0) is 58.2 Å². The van der Waals surface area contributed by atoms with Crippen LogP contribution in [0.5, 0.6) is 0 Å². The average Bonchev–Trinajstić information content (AvgIpc) is 3.37. The number of anilines is 2. The van der Waals surface area contributed by atoms with E-state index in [-0.39, 0.29) is 29.8 Å². The van der Waals surface area contributed by atoms with Gasteiger partial charge in [0.05, 0.1) is 5.69 Å². The monoisotopic (exact) mass is 379 g/mol. The Morgan fingerprint density at radius 3 is 2.52 bits per heavy atom. The minimum absolute atomic E-state index is 0.0480. The van der Waals surface area contributed by atoms with E-state index in [0.29, 0.717) is 18.7 Å². The van der Waals surface area contributed by atoms with Crippen LogP contribution in [0.4, 0.5) is 20.6 Å². The van der Waals surface area contributed by atoms with E-state index in [9.17, 15) is 18.8 Å². The Hall–Kier alpha value is -2.64. The largest absolute Gasteiger partial charge is 0.444 e. The van der Waals surface area contributed by atoms with Crippen molar-refractivity contribution >= 4 is 29.3 Å². The van der Waals surface area contributed by atoms with Crippen molar-refractivity contribution in [2.45, 2.75) is 52.1 Å². The van der Waals surface area contributed by atoms with Crippen LogP contribution in [-0.2, 0) is 14.3 Å². The topological polar surface area (TPSA) is 96.5 Å². The Morgan fingerprint density at radius 2 is 1.89 bits per heavy atom. The maximum Gasteiger partial charge on any atom is 0.412 e. The molecule has 7 nitrogen and oxygen atoms in total. The van der Waals surface area contributed by atoms with E-state index in [2.05, 4.69) is 16.0 Å². The Bertz CT molecular complexity index is 711. The van der Waals surface area contributed by atoms with Gasteiger partial charge in [-0.2, -0.15) is 0 Å². The Labute approximate surface area is 158 Å². The van der Waals surface area contributed by atoms with Gasteiger partial charge in [-0.1, -0.05) is 0 Å². The molecule has 148 valence electrons. The van der Waals surface area contributed by atoms with Crippen molar-refractivity contribution in [2.75, 3.05) is 17.2 Å². The standard InChI is InChI=1S/C19H26FN3O4/c1-19(2,3)27-18(26)23-15-11-13(8-9-14(15)20)22-16(24)5-4-10-21-17(25)12-6-7-12/h8-9,11-12H,4-7,10H2,1-3H3,(H,21,25)(H,22,24)(H,23,26). The summed E-state index contributed by atoms with van der Waals surface area (Å²) in [7, 11) is 0. The van der Waals surface area contributed by atoms with Gasteiger partial charge >= 0.3 is 6.09 Å². The van der Waals surface area contributed by atoms with Crippen molar-refractivity contribution in [3.63, 3.8) is 0 Å². The highest BCUT2D eigenvalue weighted by Gasteiger charge is 2.29. The summed E-state index contributed by atoms with van der Waals surface area (Å²) < 4.78 is 19.0. The first-order valence-electron chi connectivity index (χ1n) is 9.01. The fourth-order valence-electron chi connectivity index (χ4n) is 2.29. The molecule has 1 aromatic carbocycles. The van der Waals surface area contributed by atoms with Crippen LogP contribution in [0.3, 0.4) is 0 Å². The molecule has 1 fully saturated rings. The minimum Gasteiger partial charge on any atom is -0.444 e. The lowest BCUT2D eigenvalue weighted by atomic mass is 10.2. The number of ether oxygens (including phenoxy) is 1. The predicted molar refractivity (Wildman–Crippen MR) is 99.9 cm³/mol. The summed E-state index contributed by atoms with van der Waals surface area (Å²) >= 11 is 0. The molecular weight excluding hydrogens is 353 g/mol. The van der Waals surface area contributed by atoms with Crippen LogP contribution in [0.15, 0.2) is 18.2 Å². The Balaban J connectivity index is 1.80. The van der Waals surface area contributed by atoms with Crippen molar-refractivity contribution in [2.24, 2.45) is 5.92 Å². The molecule has 27 heavy (non-hydrogen) atoms. The molecule has 1 aliphatic carbocycles. The first kappa shape index (κ1) is 20.7. The number of rotatable bonds is 7. The minimum atomic E-state index is -0.781. The van der Waals surface area contributed by atoms with E-state index in [1.807, 2.05) is 0 Å². The van der Waals surface area contributed by atoms with Crippen LogP contribution in [0.1, 0.15) is 46.5 Å². The third kappa shape index (κ3) is 7.64. The van der Waals surface area contributed by atoms with Gasteiger partial charge < -0.3 is 15.4 Å². The van der Waals surface area contributed by atoms with Crippen LogP contribution in [-0.4, -0.2) is 30.1 Å². The molecule has 0 radical (unpaired) electrons. The van der Waals surface area contributed by atoms with Crippen LogP contribution < -0.4 is 16.0 Å². The van der Waals surface area contributed by atoms with Gasteiger partial charge in [0.2, 0.25) is 11.8 Å². The van der Waals surface area contributed by atoms with Gasteiger partial charge in [-0.25, -0.2) is 9.18 Å². The normalized spacial score (nSPS) is 13.6. The molecule has 2 rings (SSSR count). The molecule has 0 spiro atoms. The number of carbonyl (C=O) groups is 3. The number of hydrogen-bond acceptors (Lipinski definition) is 4. The first-order chi connectivity index (χ1) is 12.6. The molecule has 0 aromatic heterocycles. The van der Waals surface area contributed by atoms with Gasteiger partial charge in [0, 0.05) is 24.6 Å². The second kappa shape index (κ2) is 8.83. The lowest BCUT2D eigenvalue weighted by Crippen LogP contribution is -2.27. The zero-order valence-electron chi connectivity index (χ0n) is 15.9. The summed E-state index contributed by atoms with van der Waals surface area (Å²) in [5.74, 6) is -0.701. The van der Waals surface area contributed by atoms with Gasteiger partial charge in [-0.15, -0.1) is 0 Å². The molecule has 0 unspecified atom stereocenters. The number of nitrogens with one attached hydrogen (secondary N) is 3. The lowest BCUT2D eigenvalue weighted by molar-refractivity contribution is -0.122. The Kier molecular flexibility index (Phi) is 6.76. The lowest BCUT2D eigenvalue weighted by Gasteiger charge is -2.20. The fraction of sp³-hybridized carbons (Fsp3) is 0.526. The smallest absolute Gasteiger partial charge is 0.412 e. The maximum atomic E-state index is 13.9. The first-order valence-corrected chi connectivity index (χ1v) is 9.01. The summed E-state index contributed by atoms with van der Waals surface area (Å²) in [6.07, 6.45) is 1.83. The van der Waals surface area contributed by atoms with E-state index in [1.54, 1.807) is 20.8 Å². The number of benzene rings is 1. The summed E-state index contributed by atoms with van der Waals surface area (Å²) in [5.41, 5.74) is -0.436. The molecule has 1 aliphatic rings. The molecule has 0 heterocycles. The van der Waals surface area contributed by atoms with Gasteiger partial charge in [0.15, 0.2) is 0 Å². The SMILES string of the molecule is CC(C)(C)OC(=O)Nc1cc(NC(=O)CCCNC(=O)C2CC2)ccc1F. The van der Waals surface area contributed by atoms with E-state index in [4.69, 9.17) is 4.74 Å². The quantitative estimate of drug-likeness (QED) is 0.633. The van der Waals surface area contributed by atoms with Gasteiger partial charge in [0.1, 0.15) is 11.4 Å². The molecule has 0 aliphatic heterocycles. The van der Waals surface area contributed by atoms with Crippen molar-refractivity contribution in [3.05, 3.63) is 24.0 Å². The molecular formula is C19H26FN3O4. The Morgan fingerprint density at radius 1 is 1.19 bits per heavy atom. The summed E-state index contributed by atoms with van der Waals surface area (Å²) in [4.78, 5) is 35.2. The van der Waals surface area contributed by atoms with Crippen LogP contribution in [0, 0.1) is 11.7 Å². The molecule has 0 bridgehead atoms. The summed E-state index contributed by atoms with van der Waals surface area (Å²) in [6.45, 7) is 5.55. The average molecular weight is 379 g/mol. The highest BCUT2D eigenvalue weighted by atomic mass is 19.1. The zero-order valence-corrected chi connectivity index (χ0v) is 15.9. The van der Waals surface area contributed by atoms with E-state index < -0.39 is 17.5 Å². The van der Waals surface area contributed by atoms with Crippen molar-refractivity contribution in [1.82, 2.24) is 5.32 Å². The second-order valence-corrected chi connectivity index (χ2v) is 7.54. The van der Waals surface area contributed by atoms with E-state index in [1.165, 1.54) is 12.1 Å². The number of carbonyl (C=O) groups excluding carboxylic acids is 3. The molecule has 0 saturated heterocycles. The molecule has 0 atom stereocenters. The third-order valence-corrected chi connectivity index (χ3v) is 3.71. The number of amides is 3. The van der Waals surface area contributed by atoms with Gasteiger partial charge in [-0.3, -0.25) is 14.9 Å². The van der Waals surface area contributed by atoms with Crippen LogP contribution in [0.2, 0.25) is 0 Å². The number of halogens is 1. The fourth-order valence-corrected chi connectivity index (χ4v) is 2.29. The second-order valence-electron chi connectivity index (χ2n) is 7.54. The maximum absolute atomic E-state index is 13.9. The number of hydrogen-bond donors (Lipinski definition) is 3. The van der Waals surface area contributed by atoms with E-state index >= 15 is 0 Å². The van der Waals surface area contributed by atoms with Crippen LogP contribution in [0.25, 0.3) is 0 Å². The molecule has 3 N–H and O–H groups in total. The van der Waals surface area contributed by atoms with Crippen molar-refractivity contribution < 1.29 is 23.5 Å². The van der Waals surface area contributed by atoms with Crippen LogP contribution >= 0.6 is 0 Å². The van der Waals surface area contributed by atoms with Crippen molar-refractivity contribution in [1.29, 1.82) is 0 Å². The van der Waals surface area contributed by atoms with Gasteiger partial charge in [0.25, 0.3) is 0 Å².